The molecule has 0 aliphatic carbocycles. The van der Waals surface area contributed by atoms with Crippen LogP contribution in [0.15, 0.2) is 36.4 Å². The van der Waals surface area contributed by atoms with Crippen molar-refractivity contribution in [3.63, 3.8) is 0 Å². The molecule has 0 saturated carbocycles. The van der Waals surface area contributed by atoms with Gasteiger partial charge in [-0.1, -0.05) is 58.7 Å². The molecule has 1 atom stereocenters. The number of hydrogen-bond donors (Lipinski definition) is 2. The molecule has 0 aromatic heterocycles. The fourth-order valence-corrected chi connectivity index (χ4v) is 4.14. The average molecular weight is 310 g/mol. The summed E-state index contributed by atoms with van der Waals surface area (Å²) in [7, 11) is 0. The molecule has 3 N–H and O–H groups in total. The Morgan fingerprint density at radius 2 is 1.26 bits per heavy atom. The number of benzene rings is 2. The highest BCUT2D eigenvalue weighted by Gasteiger charge is 2.45. The highest BCUT2D eigenvalue weighted by molar-refractivity contribution is 5.44. The molecule has 1 heterocycles. The zero-order valence-corrected chi connectivity index (χ0v) is 14.7. The molecule has 0 amide bonds. The Morgan fingerprint density at radius 3 is 1.61 bits per heavy atom. The van der Waals surface area contributed by atoms with Crippen LogP contribution in [0, 0.1) is 27.7 Å². The first-order valence-electron chi connectivity index (χ1n) is 8.63. The molecule has 1 aliphatic rings. The first-order valence-corrected chi connectivity index (χ1v) is 8.63. The Bertz CT molecular complexity index is 622. The Labute approximate surface area is 139 Å². The highest BCUT2D eigenvalue weighted by Crippen LogP contribution is 2.36. The normalized spacial score (nSPS) is 18.4. The molecule has 3 rings (SSSR count). The van der Waals surface area contributed by atoms with Gasteiger partial charge in [-0.25, -0.2) is 0 Å². The molecule has 0 unspecified atom stereocenters. The number of rotatable bonds is 3. The second kappa shape index (κ2) is 6.10. The smallest absolute Gasteiger partial charge is 0.166 e. The topological polar surface area (TPSA) is 36.8 Å². The van der Waals surface area contributed by atoms with Gasteiger partial charge < -0.3 is 10.4 Å². The van der Waals surface area contributed by atoms with E-state index in [1.165, 1.54) is 28.7 Å². The SMILES string of the molecule is Cc1cc(C)cc(C(O)(c2cc(C)cc(C)c2)[C@@H]2CCC[NH2+]2)c1. The van der Waals surface area contributed by atoms with Crippen molar-refractivity contribution >= 4 is 0 Å². The van der Waals surface area contributed by atoms with Crippen molar-refractivity contribution in [3.05, 3.63) is 69.8 Å². The minimum Gasteiger partial charge on any atom is -0.374 e. The van der Waals surface area contributed by atoms with E-state index in [4.69, 9.17) is 0 Å². The Balaban J connectivity index is 2.21. The van der Waals surface area contributed by atoms with E-state index in [1.54, 1.807) is 0 Å². The summed E-state index contributed by atoms with van der Waals surface area (Å²) in [5.41, 5.74) is 5.97. The third-order valence-corrected chi connectivity index (χ3v) is 5.03. The van der Waals surface area contributed by atoms with Gasteiger partial charge in [0.15, 0.2) is 5.60 Å². The van der Waals surface area contributed by atoms with Gasteiger partial charge in [0.05, 0.1) is 6.54 Å². The van der Waals surface area contributed by atoms with Crippen LogP contribution in [-0.2, 0) is 5.60 Å². The van der Waals surface area contributed by atoms with Crippen molar-refractivity contribution in [1.29, 1.82) is 0 Å². The van der Waals surface area contributed by atoms with Crippen molar-refractivity contribution in [1.82, 2.24) is 0 Å². The van der Waals surface area contributed by atoms with Crippen molar-refractivity contribution in [3.8, 4) is 0 Å². The molecular formula is C21H28NO+. The monoisotopic (exact) mass is 310 g/mol. The average Bonchev–Trinajstić information content (AvgIpc) is 2.98. The van der Waals surface area contributed by atoms with Crippen LogP contribution in [0.2, 0.25) is 0 Å². The quantitative estimate of drug-likeness (QED) is 0.898. The van der Waals surface area contributed by atoms with E-state index in [9.17, 15) is 5.11 Å². The standard InChI is InChI=1S/C21H27NO/c1-14-8-15(2)11-18(10-14)21(23,20-6-5-7-22-20)19-12-16(3)9-17(4)13-19/h8-13,20,22-23H,5-7H2,1-4H3/p+1/t20-/m0/s1. The van der Waals surface area contributed by atoms with E-state index >= 15 is 0 Å². The van der Waals surface area contributed by atoms with Gasteiger partial charge in [0.25, 0.3) is 0 Å². The fraction of sp³-hybridized carbons (Fsp3) is 0.429. The maximum Gasteiger partial charge on any atom is 0.166 e. The lowest BCUT2D eigenvalue weighted by Crippen LogP contribution is -2.90. The van der Waals surface area contributed by atoms with Crippen LogP contribution >= 0.6 is 0 Å². The molecule has 0 spiro atoms. The summed E-state index contributed by atoms with van der Waals surface area (Å²) in [5, 5.41) is 14.2. The van der Waals surface area contributed by atoms with E-state index in [0.717, 1.165) is 24.1 Å². The van der Waals surface area contributed by atoms with Crippen molar-refractivity contribution < 1.29 is 10.4 Å². The Morgan fingerprint density at radius 1 is 0.826 bits per heavy atom. The number of aliphatic hydroxyl groups is 1. The predicted molar refractivity (Wildman–Crippen MR) is 94.6 cm³/mol. The molecule has 2 aromatic rings. The van der Waals surface area contributed by atoms with E-state index in [0.29, 0.717) is 0 Å². The van der Waals surface area contributed by atoms with Crippen LogP contribution in [0.4, 0.5) is 0 Å². The molecule has 23 heavy (non-hydrogen) atoms. The van der Waals surface area contributed by atoms with Gasteiger partial charge in [0, 0.05) is 12.8 Å². The maximum absolute atomic E-state index is 11.9. The summed E-state index contributed by atoms with van der Waals surface area (Å²) in [4.78, 5) is 0. The number of hydrogen-bond acceptors (Lipinski definition) is 1. The molecule has 1 fully saturated rings. The molecule has 0 bridgehead atoms. The van der Waals surface area contributed by atoms with E-state index < -0.39 is 5.60 Å². The minimum absolute atomic E-state index is 0.185. The predicted octanol–water partition coefficient (Wildman–Crippen LogP) is 2.88. The third-order valence-electron chi connectivity index (χ3n) is 5.03. The summed E-state index contributed by atoms with van der Waals surface area (Å²) in [6, 6.07) is 13.1. The second-order valence-electron chi connectivity index (χ2n) is 7.29. The van der Waals surface area contributed by atoms with Gasteiger partial charge in [-0.3, -0.25) is 0 Å². The largest absolute Gasteiger partial charge is 0.374 e. The molecule has 1 saturated heterocycles. The van der Waals surface area contributed by atoms with Gasteiger partial charge in [-0.15, -0.1) is 0 Å². The summed E-state index contributed by atoms with van der Waals surface area (Å²) >= 11 is 0. The molecule has 2 nitrogen and oxygen atoms in total. The number of nitrogens with two attached hydrogens (primary N) is 1. The van der Waals surface area contributed by atoms with E-state index in [1.807, 2.05) is 0 Å². The van der Waals surface area contributed by atoms with Gasteiger partial charge in [-0.2, -0.15) is 0 Å². The number of quaternary nitrogens is 1. The van der Waals surface area contributed by atoms with Crippen LogP contribution in [0.25, 0.3) is 0 Å². The first-order chi connectivity index (χ1) is 10.9. The summed E-state index contributed by atoms with van der Waals surface area (Å²) in [6.07, 6.45) is 2.22. The van der Waals surface area contributed by atoms with E-state index in [2.05, 4.69) is 69.4 Å². The minimum atomic E-state index is -0.927. The highest BCUT2D eigenvalue weighted by atomic mass is 16.3. The molecule has 122 valence electrons. The van der Waals surface area contributed by atoms with Gasteiger partial charge >= 0.3 is 0 Å². The molecular weight excluding hydrogens is 282 g/mol. The molecule has 2 aromatic carbocycles. The summed E-state index contributed by atoms with van der Waals surface area (Å²) in [5.74, 6) is 0. The zero-order valence-electron chi connectivity index (χ0n) is 14.7. The summed E-state index contributed by atoms with van der Waals surface area (Å²) < 4.78 is 0. The van der Waals surface area contributed by atoms with Crippen molar-refractivity contribution in [2.75, 3.05) is 6.54 Å². The lowest BCUT2D eigenvalue weighted by molar-refractivity contribution is -0.684. The van der Waals surface area contributed by atoms with Gasteiger partial charge in [-0.05, 0) is 38.8 Å². The van der Waals surface area contributed by atoms with E-state index in [-0.39, 0.29) is 6.04 Å². The lowest BCUT2D eigenvalue weighted by Gasteiger charge is -2.34. The van der Waals surface area contributed by atoms with Crippen molar-refractivity contribution in [2.24, 2.45) is 0 Å². The molecule has 1 aliphatic heterocycles. The number of aryl methyl sites for hydroxylation is 4. The lowest BCUT2D eigenvalue weighted by atomic mass is 9.77. The van der Waals surface area contributed by atoms with Gasteiger partial charge in [0.1, 0.15) is 6.04 Å². The fourth-order valence-electron chi connectivity index (χ4n) is 4.14. The van der Waals surface area contributed by atoms with Crippen LogP contribution in [0.3, 0.4) is 0 Å². The Hall–Kier alpha value is -1.64. The molecule has 2 heteroatoms. The van der Waals surface area contributed by atoms with Gasteiger partial charge in [0.2, 0.25) is 0 Å². The maximum atomic E-state index is 11.9. The molecule has 0 radical (unpaired) electrons. The van der Waals surface area contributed by atoms with Crippen molar-refractivity contribution in [2.45, 2.75) is 52.2 Å². The summed E-state index contributed by atoms with van der Waals surface area (Å²) in [6.45, 7) is 9.53. The zero-order chi connectivity index (χ0) is 16.6. The third kappa shape index (κ3) is 3.06. The van der Waals surface area contributed by atoms with Crippen LogP contribution < -0.4 is 5.32 Å². The first kappa shape index (κ1) is 16.2. The Kier molecular flexibility index (Phi) is 4.31. The second-order valence-corrected chi connectivity index (χ2v) is 7.29. The van der Waals surface area contributed by atoms with Crippen LogP contribution in [0.5, 0.6) is 0 Å². The van der Waals surface area contributed by atoms with Crippen LogP contribution in [0.1, 0.15) is 46.2 Å². The van der Waals surface area contributed by atoms with Crippen LogP contribution in [-0.4, -0.2) is 17.7 Å².